The summed E-state index contributed by atoms with van der Waals surface area (Å²) in [5.74, 6) is -0.235. The molecule has 3 aromatic rings. The van der Waals surface area contributed by atoms with Crippen LogP contribution in [-0.2, 0) is 10.9 Å². The summed E-state index contributed by atoms with van der Waals surface area (Å²) in [6.45, 7) is 2.57. The van der Waals surface area contributed by atoms with Gasteiger partial charge in [0.05, 0.1) is 42.5 Å². The summed E-state index contributed by atoms with van der Waals surface area (Å²) in [6, 6.07) is 8.96. The van der Waals surface area contributed by atoms with E-state index in [0.29, 0.717) is 41.8 Å². The SMILES string of the molecule is O=C(Nc1ccc(N2CCOCC2)nc1)c1cnn(-c2ccc(Cl)cc2)c1C(F)(F)F. The molecule has 1 aliphatic heterocycles. The second-order valence-electron chi connectivity index (χ2n) is 6.75. The third-order valence-electron chi connectivity index (χ3n) is 4.69. The number of carbonyl (C=O) groups is 1. The first-order valence-corrected chi connectivity index (χ1v) is 9.72. The molecule has 2 aromatic heterocycles. The van der Waals surface area contributed by atoms with Gasteiger partial charge in [-0.3, -0.25) is 4.79 Å². The van der Waals surface area contributed by atoms with Crippen LogP contribution in [0.2, 0.25) is 5.02 Å². The molecule has 0 unspecified atom stereocenters. The predicted molar refractivity (Wildman–Crippen MR) is 109 cm³/mol. The average Bonchev–Trinajstić information content (AvgIpc) is 3.21. The quantitative estimate of drug-likeness (QED) is 0.648. The Labute approximate surface area is 180 Å². The van der Waals surface area contributed by atoms with Crippen molar-refractivity contribution in [1.82, 2.24) is 14.8 Å². The minimum Gasteiger partial charge on any atom is -0.378 e. The van der Waals surface area contributed by atoms with Crippen LogP contribution in [0.25, 0.3) is 5.69 Å². The molecular weight excluding hydrogens is 435 g/mol. The molecule has 1 aliphatic rings. The smallest absolute Gasteiger partial charge is 0.378 e. The molecule has 0 saturated carbocycles. The van der Waals surface area contributed by atoms with E-state index in [1.54, 1.807) is 12.1 Å². The molecular formula is C20H17ClF3N5O2. The molecule has 3 heterocycles. The van der Waals surface area contributed by atoms with Crippen molar-refractivity contribution in [2.24, 2.45) is 0 Å². The van der Waals surface area contributed by atoms with Crippen LogP contribution in [0.15, 0.2) is 48.8 Å². The van der Waals surface area contributed by atoms with Gasteiger partial charge in [0.25, 0.3) is 5.91 Å². The van der Waals surface area contributed by atoms with Crippen LogP contribution >= 0.6 is 11.6 Å². The molecule has 4 rings (SSSR count). The molecule has 1 saturated heterocycles. The summed E-state index contributed by atoms with van der Waals surface area (Å²) >= 11 is 5.80. The maximum Gasteiger partial charge on any atom is 0.434 e. The van der Waals surface area contributed by atoms with Crippen LogP contribution < -0.4 is 10.2 Å². The van der Waals surface area contributed by atoms with Gasteiger partial charge in [0.15, 0.2) is 5.69 Å². The summed E-state index contributed by atoms with van der Waals surface area (Å²) < 4.78 is 47.3. The number of rotatable bonds is 4. The lowest BCUT2D eigenvalue weighted by Gasteiger charge is -2.27. The summed E-state index contributed by atoms with van der Waals surface area (Å²) in [5, 5.41) is 6.61. The number of carbonyl (C=O) groups excluding carboxylic acids is 1. The van der Waals surface area contributed by atoms with E-state index in [2.05, 4.69) is 15.4 Å². The van der Waals surface area contributed by atoms with Crippen molar-refractivity contribution in [1.29, 1.82) is 0 Å². The fourth-order valence-electron chi connectivity index (χ4n) is 3.20. The van der Waals surface area contributed by atoms with Crippen molar-refractivity contribution < 1.29 is 22.7 Å². The number of ether oxygens (including phenoxy) is 1. The number of aromatic nitrogens is 3. The Kier molecular flexibility index (Phi) is 5.84. The minimum absolute atomic E-state index is 0.132. The largest absolute Gasteiger partial charge is 0.434 e. The molecule has 1 amide bonds. The molecule has 0 atom stereocenters. The summed E-state index contributed by atoms with van der Waals surface area (Å²) in [4.78, 5) is 18.9. The fourth-order valence-corrected chi connectivity index (χ4v) is 3.33. The lowest BCUT2D eigenvalue weighted by atomic mass is 10.2. The second-order valence-corrected chi connectivity index (χ2v) is 7.19. The lowest BCUT2D eigenvalue weighted by Crippen LogP contribution is -2.36. The zero-order valence-electron chi connectivity index (χ0n) is 16.1. The molecule has 1 aromatic carbocycles. The predicted octanol–water partition coefficient (Wildman–Crippen LogP) is 4.03. The average molecular weight is 452 g/mol. The highest BCUT2D eigenvalue weighted by Crippen LogP contribution is 2.34. The molecule has 0 bridgehead atoms. The van der Waals surface area contributed by atoms with Gasteiger partial charge in [0.2, 0.25) is 0 Å². The van der Waals surface area contributed by atoms with Gasteiger partial charge < -0.3 is 15.0 Å². The molecule has 0 radical (unpaired) electrons. The van der Waals surface area contributed by atoms with E-state index < -0.39 is 23.3 Å². The number of anilines is 2. The number of alkyl halides is 3. The number of hydrogen-bond donors (Lipinski definition) is 1. The molecule has 1 N–H and O–H groups in total. The van der Waals surface area contributed by atoms with Crippen LogP contribution in [0, 0.1) is 0 Å². The molecule has 7 nitrogen and oxygen atoms in total. The summed E-state index contributed by atoms with van der Waals surface area (Å²) in [6.07, 6.45) is -2.51. The number of nitrogens with one attached hydrogen (secondary N) is 1. The zero-order valence-corrected chi connectivity index (χ0v) is 16.8. The number of morpholine rings is 1. The lowest BCUT2D eigenvalue weighted by molar-refractivity contribution is -0.143. The Hall–Kier alpha value is -3.11. The number of hydrogen-bond acceptors (Lipinski definition) is 5. The van der Waals surface area contributed by atoms with E-state index in [4.69, 9.17) is 16.3 Å². The normalized spacial score (nSPS) is 14.5. The van der Waals surface area contributed by atoms with Gasteiger partial charge in [-0.1, -0.05) is 11.6 Å². The fraction of sp³-hybridized carbons (Fsp3) is 0.250. The monoisotopic (exact) mass is 451 g/mol. The molecule has 0 spiro atoms. The molecule has 1 fully saturated rings. The Morgan fingerprint density at radius 3 is 2.39 bits per heavy atom. The first-order chi connectivity index (χ1) is 14.8. The van der Waals surface area contributed by atoms with Gasteiger partial charge in [-0.2, -0.15) is 18.3 Å². The van der Waals surface area contributed by atoms with E-state index in [1.165, 1.54) is 30.5 Å². The number of halogens is 4. The van der Waals surface area contributed by atoms with Crippen molar-refractivity contribution in [3.05, 3.63) is 65.1 Å². The molecule has 0 aliphatic carbocycles. The van der Waals surface area contributed by atoms with Crippen molar-refractivity contribution in [3.8, 4) is 5.69 Å². The van der Waals surface area contributed by atoms with E-state index in [1.807, 2.05) is 4.90 Å². The standard InChI is InChI=1S/C20H17ClF3N5O2/c21-13-1-4-15(5-2-13)29-18(20(22,23)24)16(12-26-29)19(30)27-14-3-6-17(25-11-14)28-7-9-31-10-8-28/h1-6,11-12H,7-10H2,(H,27,30). The first-order valence-electron chi connectivity index (χ1n) is 9.34. The first kappa shape index (κ1) is 21.1. The van der Waals surface area contributed by atoms with Gasteiger partial charge in [-0.25, -0.2) is 9.67 Å². The highest BCUT2D eigenvalue weighted by Gasteiger charge is 2.40. The van der Waals surface area contributed by atoms with Gasteiger partial charge in [0, 0.05) is 18.1 Å². The maximum atomic E-state index is 13.8. The topological polar surface area (TPSA) is 72.3 Å². The second kappa shape index (κ2) is 8.56. The Morgan fingerprint density at radius 1 is 1.06 bits per heavy atom. The number of pyridine rings is 1. The van der Waals surface area contributed by atoms with Gasteiger partial charge in [-0.05, 0) is 36.4 Å². The third kappa shape index (κ3) is 4.64. The summed E-state index contributed by atoms with van der Waals surface area (Å²) in [5.41, 5.74) is -1.37. The van der Waals surface area contributed by atoms with Gasteiger partial charge >= 0.3 is 6.18 Å². The number of benzene rings is 1. The minimum atomic E-state index is -4.80. The number of amides is 1. The van der Waals surface area contributed by atoms with Crippen LogP contribution in [0.5, 0.6) is 0 Å². The van der Waals surface area contributed by atoms with Crippen LogP contribution in [0.4, 0.5) is 24.7 Å². The highest BCUT2D eigenvalue weighted by atomic mass is 35.5. The van der Waals surface area contributed by atoms with Crippen molar-refractivity contribution >= 4 is 29.0 Å². The van der Waals surface area contributed by atoms with Crippen LogP contribution in [-0.4, -0.2) is 47.0 Å². The van der Waals surface area contributed by atoms with Crippen molar-refractivity contribution in [3.63, 3.8) is 0 Å². The summed E-state index contributed by atoms with van der Waals surface area (Å²) in [7, 11) is 0. The Bertz CT molecular complexity index is 1060. The van der Waals surface area contributed by atoms with Crippen LogP contribution in [0.3, 0.4) is 0 Å². The zero-order chi connectivity index (χ0) is 22.0. The molecule has 31 heavy (non-hydrogen) atoms. The Balaban J connectivity index is 1.57. The van der Waals surface area contributed by atoms with Gasteiger partial charge in [-0.15, -0.1) is 0 Å². The van der Waals surface area contributed by atoms with E-state index in [9.17, 15) is 18.0 Å². The van der Waals surface area contributed by atoms with E-state index >= 15 is 0 Å². The van der Waals surface area contributed by atoms with Crippen LogP contribution in [0.1, 0.15) is 16.1 Å². The Morgan fingerprint density at radius 2 is 1.77 bits per heavy atom. The van der Waals surface area contributed by atoms with Gasteiger partial charge in [0.1, 0.15) is 5.82 Å². The number of nitrogens with zero attached hydrogens (tertiary/aromatic N) is 4. The molecule has 11 heteroatoms. The third-order valence-corrected chi connectivity index (χ3v) is 4.95. The molecule has 162 valence electrons. The van der Waals surface area contributed by atoms with Crippen molar-refractivity contribution in [2.75, 3.05) is 36.5 Å². The maximum absolute atomic E-state index is 13.8. The van der Waals surface area contributed by atoms with Crippen molar-refractivity contribution in [2.45, 2.75) is 6.18 Å². The van der Waals surface area contributed by atoms with E-state index in [0.717, 1.165) is 6.20 Å². The van der Waals surface area contributed by atoms with E-state index in [-0.39, 0.29) is 11.4 Å². The highest BCUT2D eigenvalue weighted by molar-refractivity contribution is 6.30.